The van der Waals surface area contributed by atoms with E-state index in [1.807, 2.05) is 23.9 Å². The van der Waals surface area contributed by atoms with Crippen molar-refractivity contribution in [1.82, 2.24) is 4.90 Å². The fraction of sp³-hybridized carbons (Fsp3) is 0.650. The molecule has 1 atom stereocenters. The van der Waals surface area contributed by atoms with E-state index in [2.05, 4.69) is 16.5 Å². The van der Waals surface area contributed by atoms with E-state index in [-0.39, 0.29) is 5.91 Å². The molecule has 0 aliphatic carbocycles. The van der Waals surface area contributed by atoms with Gasteiger partial charge in [-0.05, 0) is 56.7 Å². The van der Waals surface area contributed by atoms with Crippen LogP contribution in [-0.2, 0) is 4.79 Å². The fourth-order valence-electron chi connectivity index (χ4n) is 3.46. The van der Waals surface area contributed by atoms with Crippen molar-refractivity contribution in [3.63, 3.8) is 0 Å². The lowest BCUT2D eigenvalue weighted by atomic mass is 9.93. The molecule has 1 saturated heterocycles. The number of rotatable bonds is 10. The van der Waals surface area contributed by atoms with Crippen LogP contribution in [0.3, 0.4) is 0 Å². The third-order valence-electron chi connectivity index (χ3n) is 4.84. The number of nitrogens with zero attached hydrogens (tertiary/aromatic N) is 1. The molecule has 1 aliphatic heterocycles. The van der Waals surface area contributed by atoms with E-state index >= 15 is 0 Å². The molecule has 1 amide bonds. The standard InChI is InChI=1S/C20H32N2O3S/c1-24-18-12-17(13-19(14-18)25-2)21-20(23)8-7-16-6-4-9-22(15-16)10-5-11-26-3/h12-14,16H,4-11,15H2,1-3H3,(H,21,23)/t16-/m1/s1. The Labute approximate surface area is 161 Å². The van der Waals surface area contributed by atoms with Crippen molar-refractivity contribution >= 4 is 23.4 Å². The van der Waals surface area contributed by atoms with Crippen molar-refractivity contribution < 1.29 is 14.3 Å². The van der Waals surface area contributed by atoms with Crippen LogP contribution in [-0.4, -0.2) is 56.7 Å². The van der Waals surface area contributed by atoms with Gasteiger partial charge in [0.2, 0.25) is 5.91 Å². The molecular weight excluding hydrogens is 348 g/mol. The minimum atomic E-state index is 0.0554. The molecule has 1 aromatic rings. The topological polar surface area (TPSA) is 50.8 Å². The smallest absolute Gasteiger partial charge is 0.224 e. The largest absolute Gasteiger partial charge is 0.497 e. The number of hydrogen-bond donors (Lipinski definition) is 1. The zero-order chi connectivity index (χ0) is 18.8. The Kier molecular flexibility index (Phi) is 9.12. The second-order valence-corrected chi connectivity index (χ2v) is 7.83. The Bertz CT molecular complexity index is 546. The Hall–Kier alpha value is -1.40. The summed E-state index contributed by atoms with van der Waals surface area (Å²) < 4.78 is 10.5. The number of benzene rings is 1. The summed E-state index contributed by atoms with van der Waals surface area (Å²) in [5.41, 5.74) is 0.716. The Balaban J connectivity index is 1.77. The SMILES string of the molecule is COc1cc(NC(=O)CC[C@H]2CCCN(CCCSC)C2)cc(OC)c1. The summed E-state index contributed by atoms with van der Waals surface area (Å²) in [7, 11) is 3.21. The summed E-state index contributed by atoms with van der Waals surface area (Å²) in [6, 6.07) is 5.42. The number of piperidine rings is 1. The number of nitrogens with one attached hydrogen (secondary N) is 1. The van der Waals surface area contributed by atoms with Gasteiger partial charge in [0.25, 0.3) is 0 Å². The lowest BCUT2D eigenvalue weighted by molar-refractivity contribution is -0.116. The molecular formula is C20H32N2O3S. The average Bonchev–Trinajstić information content (AvgIpc) is 2.66. The molecule has 1 aromatic carbocycles. The quantitative estimate of drug-likeness (QED) is 0.624. The summed E-state index contributed by atoms with van der Waals surface area (Å²) in [5, 5.41) is 2.97. The molecule has 26 heavy (non-hydrogen) atoms. The van der Waals surface area contributed by atoms with E-state index in [9.17, 15) is 4.79 Å². The van der Waals surface area contributed by atoms with Gasteiger partial charge in [-0.25, -0.2) is 0 Å². The van der Waals surface area contributed by atoms with E-state index in [0.29, 0.717) is 29.5 Å². The first-order valence-electron chi connectivity index (χ1n) is 9.38. The Morgan fingerprint density at radius 2 is 2.00 bits per heavy atom. The van der Waals surface area contributed by atoms with Gasteiger partial charge in [-0.1, -0.05) is 0 Å². The highest BCUT2D eigenvalue weighted by molar-refractivity contribution is 7.98. The maximum atomic E-state index is 12.3. The van der Waals surface area contributed by atoms with E-state index < -0.39 is 0 Å². The van der Waals surface area contributed by atoms with Crippen LogP contribution >= 0.6 is 11.8 Å². The maximum Gasteiger partial charge on any atom is 0.224 e. The van der Waals surface area contributed by atoms with Gasteiger partial charge in [-0.15, -0.1) is 0 Å². The van der Waals surface area contributed by atoms with Gasteiger partial charge in [0, 0.05) is 36.9 Å². The number of methoxy groups -OCH3 is 2. The summed E-state index contributed by atoms with van der Waals surface area (Å²) >= 11 is 1.91. The molecule has 0 saturated carbocycles. The molecule has 0 unspecified atom stereocenters. The molecule has 0 aromatic heterocycles. The van der Waals surface area contributed by atoms with E-state index in [1.54, 1.807) is 20.3 Å². The first-order valence-corrected chi connectivity index (χ1v) is 10.8. The highest BCUT2D eigenvalue weighted by atomic mass is 32.2. The molecule has 1 fully saturated rings. The van der Waals surface area contributed by atoms with Crippen molar-refractivity contribution in [3.05, 3.63) is 18.2 Å². The highest BCUT2D eigenvalue weighted by Crippen LogP contribution is 2.26. The molecule has 6 heteroatoms. The summed E-state index contributed by atoms with van der Waals surface area (Å²) in [6.45, 7) is 3.53. The molecule has 2 rings (SSSR count). The van der Waals surface area contributed by atoms with E-state index in [1.165, 1.54) is 38.1 Å². The Morgan fingerprint density at radius 1 is 1.27 bits per heavy atom. The molecule has 146 valence electrons. The molecule has 1 aliphatic rings. The Morgan fingerprint density at radius 3 is 2.65 bits per heavy atom. The number of amides is 1. The molecule has 0 spiro atoms. The monoisotopic (exact) mass is 380 g/mol. The highest BCUT2D eigenvalue weighted by Gasteiger charge is 2.20. The number of hydrogen-bond acceptors (Lipinski definition) is 5. The average molecular weight is 381 g/mol. The third-order valence-corrected chi connectivity index (χ3v) is 5.54. The summed E-state index contributed by atoms with van der Waals surface area (Å²) in [6.07, 6.45) is 7.41. The van der Waals surface area contributed by atoms with E-state index in [0.717, 1.165) is 13.0 Å². The summed E-state index contributed by atoms with van der Waals surface area (Å²) in [4.78, 5) is 14.9. The van der Waals surface area contributed by atoms with Gasteiger partial charge in [0.1, 0.15) is 11.5 Å². The lowest BCUT2D eigenvalue weighted by Crippen LogP contribution is -2.36. The second kappa shape index (κ2) is 11.3. The van der Waals surface area contributed by atoms with Crippen LogP contribution in [0.5, 0.6) is 11.5 Å². The van der Waals surface area contributed by atoms with Gasteiger partial charge in [0.15, 0.2) is 0 Å². The lowest BCUT2D eigenvalue weighted by Gasteiger charge is -2.32. The van der Waals surface area contributed by atoms with Crippen molar-refractivity contribution in [2.45, 2.75) is 32.1 Å². The van der Waals surface area contributed by atoms with Crippen LogP contribution in [0.25, 0.3) is 0 Å². The number of carbonyl (C=O) groups excluding carboxylic acids is 1. The predicted octanol–water partition coefficient (Wildman–Crippen LogP) is 3.89. The first-order chi connectivity index (χ1) is 12.6. The summed E-state index contributed by atoms with van der Waals surface area (Å²) in [5.74, 6) is 3.26. The molecule has 0 radical (unpaired) electrons. The first kappa shape index (κ1) is 20.9. The van der Waals surface area contributed by atoms with Crippen molar-refractivity contribution in [2.75, 3.05) is 51.2 Å². The van der Waals surface area contributed by atoms with Crippen LogP contribution in [0.15, 0.2) is 18.2 Å². The van der Waals surface area contributed by atoms with Crippen LogP contribution < -0.4 is 14.8 Å². The van der Waals surface area contributed by atoms with Gasteiger partial charge in [-0.2, -0.15) is 11.8 Å². The van der Waals surface area contributed by atoms with Crippen molar-refractivity contribution in [3.8, 4) is 11.5 Å². The molecule has 5 nitrogen and oxygen atoms in total. The number of carbonyl (C=O) groups is 1. The third kappa shape index (κ3) is 7.08. The number of ether oxygens (including phenoxy) is 2. The van der Waals surface area contributed by atoms with Gasteiger partial charge < -0.3 is 19.7 Å². The number of likely N-dealkylation sites (tertiary alicyclic amines) is 1. The minimum absolute atomic E-state index is 0.0554. The minimum Gasteiger partial charge on any atom is -0.497 e. The maximum absolute atomic E-state index is 12.3. The molecule has 0 bridgehead atoms. The normalized spacial score (nSPS) is 17.7. The van der Waals surface area contributed by atoms with Crippen molar-refractivity contribution in [1.29, 1.82) is 0 Å². The van der Waals surface area contributed by atoms with E-state index in [4.69, 9.17) is 9.47 Å². The van der Waals surface area contributed by atoms with Crippen LogP contribution in [0.2, 0.25) is 0 Å². The van der Waals surface area contributed by atoms with Crippen LogP contribution in [0.1, 0.15) is 32.1 Å². The zero-order valence-electron chi connectivity index (χ0n) is 16.3. The second-order valence-electron chi connectivity index (χ2n) is 6.84. The van der Waals surface area contributed by atoms with Crippen molar-refractivity contribution in [2.24, 2.45) is 5.92 Å². The number of anilines is 1. The van der Waals surface area contributed by atoms with Crippen LogP contribution in [0.4, 0.5) is 5.69 Å². The zero-order valence-corrected chi connectivity index (χ0v) is 17.1. The molecule has 1 N–H and O–H groups in total. The van der Waals surface area contributed by atoms with Gasteiger partial charge >= 0.3 is 0 Å². The predicted molar refractivity (Wildman–Crippen MR) is 110 cm³/mol. The molecule has 1 heterocycles. The fourth-order valence-corrected chi connectivity index (χ4v) is 3.88. The van der Waals surface area contributed by atoms with Gasteiger partial charge in [0.05, 0.1) is 14.2 Å². The number of thioether (sulfide) groups is 1. The van der Waals surface area contributed by atoms with Gasteiger partial charge in [-0.3, -0.25) is 4.79 Å². The van der Waals surface area contributed by atoms with Crippen LogP contribution in [0, 0.1) is 5.92 Å².